The standard InChI is InChI=1S/C21H23FN4O3S3/c1-30-13-14-31-21-24-23-20(26(21)18-7-5-17(22)6-8-18)16-3-2-4-19(15-16)32(27,28)25-9-11-29-12-10-25/h2-8,15H,9-14H2,1H3. The van der Waals surface area contributed by atoms with E-state index >= 15 is 0 Å². The van der Waals surface area contributed by atoms with Gasteiger partial charge in [-0.2, -0.15) is 16.1 Å². The molecular formula is C21H23FN4O3S3. The third-order valence-electron chi connectivity index (χ3n) is 4.94. The van der Waals surface area contributed by atoms with Crippen LogP contribution in [0.15, 0.2) is 58.6 Å². The third-order valence-corrected chi connectivity index (χ3v) is 8.63. The smallest absolute Gasteiger partial charge is 0.243 e. The van der Waals surface area contributed by atoms with Crippen molar-refractivity contribution in [3.05, 3.63) is 54.3 Å². The minimum Gasteiger partial charge on any atom is -0.379 e. The highest BCUT2D eigenvalue weighted by Crippen LogP contribution is 2.30. The number of benzene rings is 2. The maximum Gasteiger partial charge on any atom is 0.243 e. The van der Waals surface area contributed by atoms with Crippen molar-refractivity contribution >= 4 is 33.5 Å². The molecule has 1 aliphatic rings. The predicted octanol–water partition coefficient (Wildman–Crippen LogP) is 3.55. The average Bonchev–Trinajstić information content (AvgIpc) is 3.24. The van der Waals surface area contributed by atoms with Gasteiger partial charge in [-0.15, -0.1) is 10.2 Å². The fourth-order valence-corrected chi connectivity index (χ4v) is 6.38. The molecule has 2 heterocycles. The number of sulfonamides is 1. The van der Waals surface area contributed by atoms with Crippen molar-refractivity contribution < 1.29 is 17.5 Å². The molecular weight excluding hydrogens is 471 g/mol. The average molecular weight is 495 g/mol. The Morgan fingerprint density at radius 1 is 1.06 bits per heavy atom. The summed E-state index contributed by atoms with van der Waals surface area (Å²) < 4.78 is 48.3. The number of ether oxygens (including phenoxy) is 1. The molecule has 0 aliphatic carbocycles. The van der Waals surface area contributed by atoms with Crippen LogP contribution in [0.5, 0.6) is 0 Å². The third kappa shape index (κ3) is 5.01. The summed E-state index contributed by atoms with van der Waals surface area (Å²) in [5.41, 5.74) is 1.33. The van der Waals surface area contributed by atoms with Crippen LogP contribution in [-0.2, 0) is 14.8 Å². The highest BCUT2D eigenvalue weighted by Gasteiger charge is 2.27. The number of morpholine rings is 1. The lowest BCUT2D eigenvalue weighted by atomic mass is 10.2. The molecule has 0 N–H and O–H groups in total. The van der Waals surface area contributed by atoms with E-state index in [1.807, 2.05) is 10.8 Å². The Hall–Kier alpha value is -1.92. The van der Waals surface area contributed by atoms with Crippen LogP contribution in [0.1, 0.15) is 0 Å². The Kier molecular flexibility index (Phi) is 7.51. The first-order valence-corrected chi connectivity index (χ1v) is 13.8. The number of rotatable bonds is 8. The molecule has 0 amide bonds. The lowest BCUT2D eigenvalue weighted by molar-refractivity contribution is 0.0730. The van der Waals surface area contributed by atoms with E-state index < -0.39 is 10.0 Å². The minimum atomic E-state index is -3.65. The highest BCUT2D eigenvalue weighted by atomic mass is 32.2. The number of hydrogen-bond donors (Lipinski definition) is 0. The van der Waals surface area contributed by atoms with Crippen molar-refractivity contribution in [3.63, 3.8) is 0 Å². The molecule has 2 aromatic carbocycles. The molecule has 1 aliphatic heterocycles. The van der Waals surface area contributed by atoms with Crippen molar-refractivity contribution in [1.82, 2.24) is 19.1 Å². The number of nitrogens with zero attached hydrogens (tertiary/aromatic N) is 4. The molecule has 0 saturated carbocycles. The minimum absolute atomic E-state index is 0.196. The van der Waals surface area contributed by atoms with Gasteiger partial charge in [0, 0.05) is 35.8 Å². The van der Waals surface area contributed by atoms with Gasteiger partial charge in [-0.05, 0) is 42.7 Å². The van der Waals surface area contributed by atoms with E-state index in [9.17, 15) is 12.8 Å². The SMILES string of the molecule is CSCCSc1nnc(-c2cccc(S(=O)(=O)N3CCOCC3)c2)n1-c1ccc(F)cc1. The molecule has 1 fully saturated rings. The zero-order valence-electron chi connectivity index (χ0n) is 17.5. The first-order valence-electron chi connectivity index (χ1n) is 10.0. The Labute approximate surface area is 195 Å². The quantitative estimate of drug-likeness (QED) is 0.350. The van der Waals surface area contributed by atoms with Gasteiger partial charge in [-0.1, -0.05) is 23.9 Å². The normalized spacial score (nSPS) is 15.2. The van der Waals surface area contributed by atoms with Gasteiger partial charge in [-0.25, -0.2) is 12.8 Å². The van der Waals surface area contributed by atoms with Crippen LogP contribution in [0, 0.1) is 5.82 Å². The summed E-state index contributed by atoms with van der Waals surface area (Å²) in [6.07, 6.45) is 2.04. The molecule has 7 nitrogen and oxygen atoms in total. The first-order chi connectivity index (χ1) is 15.5. The first kappa shape index (κ1) is 23.2. The molecule has 1 saturated heterocycles. The van der Waals surface area contributed by atoms with E-state index in [0.29, 0.717) is 48.5 Å². The van der Waals surface area contributed by atoms with Crippen LogP contribution in [0.4, 0.5) is 4.39 Å². The van der Waals surface area contributed by atoms with Crippen molar-refractivity contribution in [2.24, 2.45) is 0 Å². The summed E-state index contributed by atoms with van der Waals surface area (Å²) in [7, 11) is -3.65. The molecule has 0 bridgehead atoms. The Morgan fingerprint density at radius 2 is 1.81 bits per heavy atom. The molecule has 0 atom stereocenters. The van der Waals surface area contributed by atoms with Crippen molar-refractivity contribution in [3.8, 4) is 17.1 Å². The number of hydrogen-bond acceptors (Lipinski definition) is 7. The maximum atomic E-state index is 13.5. The zero-order chi connectivity index (χ0) is 22.6. The molecule has 170 valence electrons. The molecule has 0 spiro atoms. The summed E-state index contributed by atoms with van der Waals surface area (Å²) in [5.74, 6) is 1.95. The monoisotopic (exact) mass is 494 g/mol. The van der Waals surface area contributed by atoms with E-state index in [-0.39, 0.29) is 10.7 Å². The van der Waals surface area contributed by atoms with Crippen LogP contribution in [-0.4, -0.2) is 71.6 Å². The number of thioether (sulfide) groups is 2. The lowest BCUT2D eigenvalue weighted by Gasteiger charge is -2.26. The van der Waals surface area contributed by atoms with Crippen molar-refractivity contribution in [2.75, 3.05) is 44.1 Å². The Morgan fingerprint density at radius 3 is 2.53 bits per heavy atom. The molecule has 32 heavy (non-hydrogen) atoms. The van der Waals surface area contributed by atoms with Gasteiger partial charge in [0.2, 0.25) is 10.0 Å². The van der Waals surface area contributed by atoms with Gasteiger partial charge in [0.05, 0.1) is 18.1 Å². The summed E-state index contributed by atoms with van der Waals surface area (Å²) in [5, 5.41) is 9.37. The van der Waals surface area contributed by atoms with E-state index in [2.05, 4.69) is 10.2 Å². The van der Waals surface area contributed by atoms with Crippen LogP contribution >= 0.6 is 23.5 Å². The van der Waals surface area contributed by atoms with Crippen molar-refractivity contribution in [1.29, 1.82) is 0 Å². The van der Waals surface area contributed by atoms with Crippen molar-refractivity contribution in [2.45, 2.75) is 10.1 Å². The fraction of sp³-hybridized carbons (Fsp3) is 0.333. The summed E-state index contributed by atoms with van der Waals surface area (Å²) in [6, 6.07) is 12.8. The van der Waals surface area contributed by atoms with Gasteiger partial charge in [0.15, 0.2) is 11.0 Å². The topological polar surface area (TPSA) is 77.3 Å². The Balaban J connectivity index is 1.75. The van der Waals surface area contributed by atoms with Gasteiger partial charge in [0.25, 0.3) is 0 Å². The zero-order valence-corrected chi connectivity index (χ0v) is 19.9. The van der Waals surface area contributed by atoms with Gasteiger partial charge < -0.3 is 4.74 Å². The summed E-state index contributed by atoms with van der Waals surface area (Å²) in [6.45, 7) is 1.42. The second kappa shape index (κ2) is 10.3. The summed E-state index contributed by atoms with van der Waals surface area (Å²) >= 11 is 3.29. The van der Waals surface area contributed by atoms with Gasteiger partial charge >= 0.3 is 0 Å². The lowest BCUT2D eigenvalue weighted by Crippen LogP contribution is -2.40. The molecule has 4 rings (SSSR count). The maximum absolute atomic E-state index is 13.5. The van der Waals surface area contributed by atoms with E-state index in [4.69, 9.17) is 4.74 Å². The number of halogens is 1. The second-order valence-corrected chi connectivity index (χ2v) is 11.0. The van der Waals surface area contributed by atoms with Crippen LogP contribution < -0.4 is 0 Å². The molecule has 0 radical (unpaired) electrons. The van der Waals surface area contributed by atoms with E-state index in [0.717, 1.165) is 11.5 Å². The molecule has 0 unspecified atom stereocenters. The molecule has 1 aromatic heterocycles. The van der Waals surface area contributed by atoms with Crippen LogP contribution in [0.25, 0.3) is 17.1 Å². The molecule has 3 aromatic rings. The fourth-order valence-electron chi connectivity index (χ4n) is 3.32. The highest BCUT2D eigenvalue weighted by molar-refractivity contribution is 8.02. The second-order valence-electron chi connectivity index (χ2n) is 7.00. The largest absolute Gasteiger partial charge is 0.379 e. The van der Waals surface area contributed by atoms with E-state index in [1.54, 1.807) is 59.9 Å². The van der Waals surface area contributed by atoms with Gasteiger partial charge in [-0.3, -0.25) is 4.57 Å². The van der Waals surface area contributed by atoms with E-state index in [1.165, 1.54) is 16.4 Å². The predicted molar refractivity (Wildman–Crippen MR) is 125 cm³/mol. The Bertz CT molecular complexity index is 1160. The summed E-state index contributed by atoms with van der Waals surface area (Å²) in [4.78, 5) is 0.196. The van der Waals surface area contributed by atoms with Crippen LogP contribution in [0.3, 0.4) is 0 Å². The molecule has 11 heteroatoms. The van der Waals surface area contributed by atoms with Crippen LogP contribution in [0.2, 0.25) is 0 Å². The number of aromatic nitrogens is 3. The van der Waals surface area contributed by atoms with Gasteiger partial charge in [0.1, 0.15) is 5.82 Å².